The Morgan fingerprint density at radius 2 is 1.50 bits per heavy atom. The minimum Gasteiger partial charge on any atom is -0.481 e. The molecule has 0 unspecified atom stereocenters. The number of thioether (sulfide) groups is 1. The first-order valence-electron chi connectivity index (χ1n) is 19.0. The molecule has 0 spiro atoms. The molecule has 0 bridgehead atoms. The Morgan fingerprint density at radius 3 is 2.16 bits per heavy atom. The molecule has 0 fully saturated rings. The summed E-state index contributed by atoms with van der Waals surface area (Å²) in [5.74, 6) is -2.22. The van der Waals surface area contributed by atoms with Gasteiger partial charge >= 0.3 is 11.9 Å². The molecule has 0 saturated carbocycles. The van der Waals surface area contributed by atoms with Gasteiger partial charge in [0.15, 0.2) is 0 Å². The van der Waals surface area contributed by atoms with Gasteiger partial charge in [0.05, 0.1) is 18.2 Å². The fraction of sp³-hybridized carbons (Fsp3) is 0.326. The van der Waals surface area contributed by atoms with Gasteiger partial charge in [0.25, 0.3) is 0 Å². The third kappa shape index (κ3) is 9.77. The van der Waals surface area contributed by atoms with Crippen LogP contribution in [0, 0.1) is 17.0 Å². The molecule has 0 saturated heterocycles. The number of halogens is 2. The number of unbranched alkanes of at least 4 members (excludes halogenated alkanes) is 1. The molecule has 1 N–H and O–H groups in total. The standard InChI is InChI=1S/C46H48F2N2O5S/c1-46(2,3)45(41-25-32(38-26-33(47)20-21-40(38)48)28-49(41)27-31-13-5-4-6-14-31)50(42(51)30-56-24-22-43(52)53)23-12-11-19-44(54)55-29-39-36-17-9-7-15-34(36)35-16-8-10-18-37(35)39/h4-10,13-18,20-21,25-26,28,39,45H,11-12,19,22-24,27,29-30H2,1-3H3,(H,52,53)/t45-/m0/s1. The number of hydrogen-bond donors (Lipinski definition) is 1. The number of esters is 1. The highest BCUT2D eigenvalue weighted by Crippen LogP contribution is 2.45. The lowest BCUT2D eigenvalue weighted by atomic mass is 9.83. The Balaban J connectivity index is 1.22. The van der Waals surface area contributed by atoms with Crippen LogP contribution < -0.4 is 0 Å². The molecule has 4 aromatic carbocycles. The van der Waals surface area contributed by atoms with E-state index in [9.17, 15) is 23.9 Å². The number of carboxylic acid groups (broad SMARTS) is 1. The topological polar surface area (TPSA) is 88.8 Å². The summed E-state index contributed by atoms with van der Waals surface area (Å²) < 4.78 is 37.5. The average molecular weight is 779 g/mol. The van der Waals surface area contributed by atoms with Crippen molar-refractivity contribution in [2.45, 2.75) is 65.0 Å². The fourth-order valence-corrected chi connectivity index (χ4v) is 8.45. The van der Waals surface area contributed by atoms with Crippen LogP contribution in [-0.4, -0.2) is 57.1 Å². The van der Waals surface area contributed by atoms with Gasteiger partial charge in [-0.3, -0.25) is 14.4 Å². The van der Waals surface area contributed by atoms with E-state index in [4.69, 9.17) is 4.74 Å². The van der Waals surface area contributed by atoms with Crippen LogP contribution in [0.2, 0.25) is 0 Å². The van der Waals surface area contributed by atoms with Crippen LogP contribution in [0.3, 0.4) is 0 Å². The zero-order valence-corrected chi connectivity index (χ0v) is 32.9. The first-order valence-corrected chi connectivity index (χ1v) is 20.2. The lowest BCUT2D eigenvalue weighted by Crippen LogP contribution is -2.43. The SMILES string of the molecule is CC(C)(C)[C@H](c1cc(-c2cc(F)ccc2F)cn1Cc1ccccc1)N(CCCCC(=O)OCC1c2ccccc2-c2ccccc21)C(=O)CSCCC(=O)O. The third-order valence-electron chi connectivity index (χ3n) is 10.2. The van der Waals surface area contributed by atoms with E-state index in [-0.39, 0.29) is 54.3 Å². The van der Waals surface area contributed by atoms with Gasteiger partial charge in [-0.2, -0.15) is 11.8 Å². The van der Waals surface area contributed by atoms with Crippen molar-refractivity contribution in [2.75, 3.05) is 24.7 Å². The summed E-state index contributed by atoms with van der Waals surface area (Å²) in [6.45, 7) is 7.09. The molecule has 1 amide bonds. The first-order chi connectivity index (χ1) is 26.9. The van der Waals surface area contributed by atoms with Crippen molar-refractivity contribution >= 4 is 29.6 Å². The number of fused-ring (bicyclic) bond motifs is 3. The molecule has 1 aromatic heterocycles. The average Bonchev–Trinajstić information content (AvgIpc) is 3.72. The van der Waals surface area contributed by atoms with Crippen molar-refractivity contribution in [3.63, 3.8) is 0 Å². The summed E-state index contributed by atoms with van der Waals surface area (Å²) in [6, 6.07) is 30.9. The van der Waals surface area contributed by atoms with E-state index in [1.807, 2.05) is 90.9 Å². The lowest BCUT2D eigenvalue weighted by molar-refractivity contribution is -0.144. The van der Waals surface area contributed by atoms with Gasteiger partial charge in [-0.1, -0.05) is 99.6 Å². The predicted molar refractivity (Wildman–Crippen MR) is 217 cm³/mol. The largest absolute Gasteiger partial charge is 0.481 e. The van der Waals surface area contributed by atoms with Gasteiger partial charge in [0, 0.05) is 54.2 Å². The summed E-state index contributed by atoms with van der Waals surface area (Å²) >= 11 is 1.26. The summed E-state index contributed by atoms with van der Waals surface area (Å²) in [4.78, 5) is 40.4. The number of carbonyl (C=O) groups is 3. The van der Waals surface area contributed by atoms with Gasteiger partial charge in [-0.15, -0.1) is 0 Å². The Kier molecular flexibility index (Phi) is 13.1. The lowest BCUT2D eigenvalue weighted by Gasteiger charge is -2.41. The molecule has 1 atom stereocenters. The van der Waals surface area contributed by atoms with E-state index in [0.29, 0.717) is 31.5 Å². The highest BCUT2D eigenvalue weighted by molar-refractivity contribution is 7.99. The Bertz CT molecular complexity index is 2120. The quantitative estimate of drug-likeness (QED) is 0.0747. The second-order valence-corrected chi connectivity index (χ2v) is 16.4. The predicted octanol–water partition coefficient (Wildman–Crippen LogP) is 10.1. The molecule has 10 heteroatoms. The summed E-state index contributed by atoms with van der Waals surface area (Å²) in [5.41, 5.74) is 6.43. The van der Waals surface area contributed by atoms with Gasteiger partial charge in [0.1, 0.15) is 18.2 Å². The first kappa shape index (κ1) is 40.4. The van der Waals surface area contributed by atoms with E-state index in [0.717, 1.165) is 45.6 Å². The molecule has 292 valence electrons. The van der Waals surface area contributed by atoms with Gasteiger partial charge in [-0.05, 0) is 70.3 Å². The van der Waals surface area contributed by atoms with E-state index < -0.39 is 29.1 Å². The summed E-state index contributed by atoms with van der Waals surface area (Å²) in [6.07, 6.45) is 2.91. The van der Waals surface area contributed by atoms with E-state index >= 15 is 4.39 Å². The van der Waals surface area contributed by atoms with Crippen LogP contribution in [0.5, 0.6) is 0 Å². The molecule has 0 aliphatic heterocycles. The van der Waals surface area contributed by atoms with Crippen LogP contribution in [0.15, 0.2) is 109 Å². The summed E-state index contributed by atoms with van der Waals surface area (Å²) in [7, 11) is 0. The van der Waals surface area contributed by atoms with E-state index in [2.05, 4.69) is 24.3 Å². The van der Waals surface area contributed by atoms with Crippen LogP contribution in [0.4, 0.5) is 8.78 Å². The van der Waals surface area contributed by atoms with Gasteiger partial charge in [0.2, 0.25) is 5.91 Å². The molecule has 7 nitrogen and oxygen atoms in total. The third-order valence-corrected chi connectivity index (χ3v) is 11.1. The minimum atomic E-state index is -0.932. The fourth-order valence-electron chi connectivity index (χ4n) is 7.65. The number of amides is 1. The van der Waals surface area contributed by atoms with Gasteiger partial charge in [-0.25, -0.2) is 8.78 Å². The van der Waals surface area contributed by atoms with Crippen molar-refractivity contribution < 1.29 is 33.0 Å². The highest BCUT2D eigenvalue weighted by Gasteiger charge is 2.37. The smallest absolute Gasteiger partial charge is 0.305 e. The van der Waals surface area contributed by atoms with Gasteiger partial charge < -0.3 is 19.3 Å². The maximum atomic E-state index is 15.2. The van der Waals surface area contributed by atoms with Crippen LogP contribution in [-0.2, 0) is 25.7 Å². The number of ether oxygens (including phenoxy) is 1. The second kappa shape index (κ2) is 18.2. The highest BCUT2D eigenvalue weighted by atomic mass is 32.2. The molecule has 1 aliphatic carbocycles. The Morgan fingerprint density at radius 1 is 0.839 bits per heavy atom. The molecule has 1 heterocycles. The number of hydrogen-bond acceptors (Lipinski definition) is 5. The number of aliphatic carboxylic acids is 1. The summed E-state index contributed by atoms with van der Waals surface area (Å²) in [5, 5.41) is 9.19. The number of nitrogens with zero attached hydrogens (tertiary/aromatic N) is 2. The monoisotopic (exact) mass is 778 g/mol. The van der Waals surface area contributed by atoms with Crippen molar-refractivity contribution in [1.82, 2.24) is 9.47 Å². The number of benzene rings is 4. The second-order valence-electron chi connectivity index (χ2n) is 15.3. The number of carbonyl (C=O) groups excluding carboxylic acids is 2. The minimum absolute atomic E-state index is 0.0384. The number of aromatic nitrogens is 1. The maximum absolute atomic E-state index is 15.2. The normalized spacial score (nSPS) is 12.9. The molecule has 5 aromatic rings. The zero-order valence-electron chi connectivity index (χ0n) is 32.0. The van der Waals surface area contributed by atoms with E-state index in [1.54, 1.807) is 6.20 Å². The molecular formula is C46H48F2N2O5S. The number of carboxylic acids is 1. The molecule has 56 heavy (non-hydrogen) atoms. The van der Waals surface area contributed by atoms with Crippen LogP contribution >= 0.6 is 11.8 Å². The maximum Gasteiger partial charge on any atom is 0.305 e. The van der Waals surface area contributed by atoms with E-state index in [1.165, 1.54) is 17.8 Å². The molecule has 1 aliphatic rings. The molecule has 6 rings (SSSR count). The van der Waals surface area contributed by atoms with Crippen molar-refractivity contribution in [3.05, 3.63) is 143 Å². The Labute approximate surface area is 331 Å². The van der Waals surface area contributed by atoms with Crippen molar-refractivity contribution in [1.29, 1.82) is 0 Å². The van der Waals surface area contributed by atoms with Crippen LogP contribution in [0.1, 0.15) is 80.8 Å². The molecule has 0 radical (unpaired) electrons. The molecular weight excluding hydrogens is 731 g/mol. The van der Waals surface area contributed by atoms with Crippen molar-refractivity contribution in [3.8, 4) is 22.3 Å². The Hall–Kier alpha value is -5.22. The van der Waals surface area contributed by atoms with Crippen molar-refractivity contribution in [2.24, 2.45) is 5.41 Å². The number of rotatable bonds is 17. The van der Waals surface area contributed by atoms with Crippen LogP contribution in [0.25, 0.3) is 22.3 Å². The zero-order chi connectivity index (χ0) is 39.8.